The Kier molecular flexibility index (Phi) is 4.10. The second-order valence-corrected chi connectivity index (χ2v) is 5.67. The summed E-state index contributed by atoms with van der Waals surface area (Å²) in [6.07, 6.45) is 0.512. The smallest absolute Gasteiger partial charge is 0.239 e. The second-order valence-electron chi connectivity index (χ2n) is 5.67. The summed E-state index contributed by atoms with van der Waals surface area (Å²) >= 11 is 0. The van der Waals surface area contributed by atoms with Gasteiger partial charge in [-0.15, -0.1) is 0 Å². The van der Waals surface area contributed by atoms with Crippen molar-refractivity contribution in [3.8, 4) is 5.75 Å². The zero-order valence-electron chi connectivity index (χ0n) is 11.5. The Morgan fingerprint density at radius 2 is 1.84 bits per heavy atom. The fraction of sp³-hybridized carbons (Fsp3) is 0.533. The molecule has 19 heavy (non-hydrogen) atoms. The van der Waals surface area contributed by atoms with Crippen LogP contribution in [-0.2, 0) is 11.2 Å². The minimum Gasteiger partial charge on any atom is -0.508 e. The van der Waals surface area contributed by atoms with E-state index >= 15 is 0 Å². The average molecular weight is 262 g/mol. The van der Waals surface area contributed by atoms with Crippen LogP contribution in [0.4, 0.5) is 0 Å². The van der Waals surface area contributed by atoms with Crippen LogP contribution in [0.1, 0.15) is 19.4 Å². The molecule has 3 N–H and O–H groups in total. The Morgan fingerprint density at radius 1 is 1.32 bits per heavy atom. The summed E-state index contributed by atoms with van der Waals surface area (Å²) in [4.78, 5) is 14.1. The summed E-state index contributed by atoms with van der Waals surface area (Å²) in [6.45, 7) is 5.96. The number of likely N-dealkylation sites (tertiary alicyclic amines) is 1. The maximum Gasteiger partial charge on any atom is 0.239 e. The molecule has 1 amide bonds. The number of hydrogen-bond acceptors (Lipinski definition) is 3. The number of rotatable bonds is 3. The van der Waals surface area contributed by atoms with E-state index in [4.69, 9.17) is 5.73 Å². The van der Waals surface area contributed by atoms with Crippen LogP contribution in [0.15, 0.2) is 24.3 Å². The van der Waals surface area contributed by atoms with E-state index in [1.54, 1.807) is 24.3 Å². The normalized spacial score (nSPS) is 24.5. The Bertz CT molecular complexity index is 434. The number of phenolic OH excluding ortho intramolecular Hbond substituents is 1. The maximum absolute atomic E-state index is 12.3. The van der Waals surface area contributed by atoms with Crippen LogP contribution >= 0.6 is 0 Å². The van der Waals surface area contributed by atoms with Gasteiger partial charge in [-0.25, -0.2) is 0 Å². The molecular formula is C15H22N2O2. The highest BCUT2D eigenvalue weighted by Gasteiger charge is 2.31. The molecule has 2 unspecified atom stereocenters. The molecule has 104 valence electrons. The number of aromatic hydroxyl groups is 1. The van der Waals surface area contributed by atoms with Crippen molar-refractivity contribution in [2.24, 2.45) is 17.6 Å². The van der Waals surface area contributed by atoms with E-state index in [1.807, 2.05) is 4.90 Å². The van der Waals surface area contributed by atoms with Crippen LogP contribution in [0.25, 0.3) is 0 Å². The molecule has 1 aromatic rings. The Balaban J connectivity index is 1.94. The van der Waals surface area contributed by atoms with E-state index in [1.165, 1.54) is 0 Å². The van der Waals surface area contributed by atoms with Crippen molar-refractivity contribution in [3.63, 3.8) is 0 Å². The van der Waals surface area contributed by atoms with Gasteiger partial charge in [0.1, 0.15) is 5.75 Å². The average Bonchev–Trinajstić information content (AvgIpc) is 2.71. The van der Waals surface area contributed by atoms with Gasteiger partial charge >= 0.3 is 0 Å². The van der Waals surface area contributed by atoms with Gasteiger partial charge in [-0.1, -0.05) is 26.0 Å². The van der Waals surface area contributed by atoms with Crippen molar-refractivity contribution in [3.05, 3.63) is 29.8 Å². The van der Waals surface area contributed by atoms with E-state index in [-0.39, 0.29) is 11.7 Å². The van der Waals surface area contributed by atoms with Crippen LogP contribution in [0.2, 0.25) is 0 Å². The van der Waals surface area contributed by atoms with Crippen LogP contribution in [-0.4, -0.2) is 35.0 Å². The topological polar surface area (TPSA) is 66.6 Å². The summed E-state index contributed by atoms with van der Waals surface area (Å²) < 4.78 is 0. The molecule has 4 heteroatoms. The summed E-state index contributed by atoms with van der Waals surface area (Å²) in [7, 11) is 0. The van der Waals surface area contributed by atoms with Gasteiger partial charge in [0.2, 0.25) is 5.91 Å². The van der Waals surface area contributed by atoms with Crippen LogP contribution < -0.4 is 5.73 Å². The first-order valence-corrected chi connectivity index (χ1v) is 6.79. The van der Waals surface area contributed by atoms with Crippen molar-refractivity contribution in [1.82, 2.24) is 4.90 Å². The summed E-state index contributed by atoms with van der Waals surface area (Å²) in [5.74, 6) is 1.35. The van der Waals surface area contributed by atoms with Gasteiger partial charge in [-0.3, -0.25) is 4.79 Å². The molecule has 1 saturated heterocycles. The van der Waals surface area contributed by atoms with Gasteiger partial charge < -0.3 is 15.7 Å². The monoisotopic (exact) mass is 262 g/mol. The molecule has 1 aliphatic heterocycles. The number of carbonyl (C=O) groups excluding carboxylic acids is 1. The molecule has 3 atom stereocenters. The standard InChI is InChI=1S/C15H22N2O2/c1-10-8-17(9-11(10)2)15(19)14(16)7-12-3-5-13(18)6-4-12/h3-6,10-11,14,18H,7-9,16H2,1-2H3/t10?,11?,14-/m0/s1. The Hall–Kier alpha value is -1.55. The van der Waals surface area contributed by atoms with Crippen LogP contribution in [0, 0.1) is 11.8 Å². The highest BCUT2D eigenvalue weighted by molar-refractivity contribution is 5.82. The first-order chi connectivity index (χ1) is 8.97. The number of benzene rings is 1. The number of hydrogen-bond donors (Lipinski definition) is 2. The fourth-order valence-electron chi connectivity index (χ4n) is 2.52. The zero-order valence-corrected chi connectivity index (χ0v) is 11.5. The maximum atomic E-state index is 12.3. The molecule has 0 saturated carbocycles. The molecule has 1 aromatic carbocycles. The highest BCUT2D eigenvalue weighted by Crippen LogP contribution is 2.22. The molecule has 0 aromatic heterocycles. The zero-order chi connectivity index (χ0) is 14.0. The molecule has 4 nitrogen and oxygen atoms in total. The third-order valence-corrected chi connectivity index (χ3v) is 4.01. The number of nitrogens with two attached hydrogens (primary N) is 1. The Morgan fingerprint density at radius 3 is 2.37 bits per heavy atom. The van der Waals surface area contributed by atoms with Gasteiger partial charge in [0.05, 0.1) is 6.04 Å². The highest BCUT2D eigenvalue weighted by atomic mass is 16.3. The van der Waals surface area contributed by atoms with E-state index in [0.717, 1.165) is 18.7 Å². The number of carbonyl (C=O) groups is 1. The Labute approximate surface area is 114 Å². The van der Waals surface area contributed by atoms with Crippen molar-refractivity contribution in [2.75, 3.05) is 13.1 Å². The molecule has 0 bridgehead atoms. The van der Waals surface area contributed by atoms with Crippen molar-refractivity contribution in [2.45, 2.75) is 26.3 Å². The summed E-state index contributed by atoms with van der Waals surface area (Å²) in [5, 5.41) is 9.22. The number of nitrogens with zero attached hydrogens (tertiary/aromatic N) is 1. The van der Waals surface area contributed by atoms with E-state index in [0.29, 0.717) is 18.3 Å². The largest absolute Gasteiger partial charge is 0.508 e. The predicted molar refractivity (Wildman–Crippen MR) is 74.7 cm³/mol. The lowest BCUT2D eigenvalue weighted by Gasteiger charge is -2.20. The van der Waals surface area contributed by atoms with Gasteiger partial charge in [-0.2, -0.15) is 0 Å². The molecule has 1 heterocycles. The van der Waals surface area contributed by atoms with Crippen molar-refractivity contribution >= 4 is 5.91 Å². The third kappa shape index (κ3) is 3.26. The molecule has 1 aliphatic rings. The molecule has 1 fully saturated rings. The molecule has 2 rings (SSSR count). The lowest BCUT2D eigenvalue weighted by Crippen LogP contribution is -2.44. The quantitative estimate of drug-likeness (QED) is 0.864. The molecule has 0 radical (unpaired) electrons. The molecule has 0 aliphatic carbocycles. The van der Waals surface area contributed by atoms with Gasteiger partial charge in [0, 0.05) is 13.1 Å². The van der Waals surface area contributed by atoms with Gasteiger partial charge in [0.15, 0.2) is 0 Å². The van der Waals surface area contributed by atoms with Gasteiger partial charge in [0.25, 0.3) is 0 Å². The minimum atomic E-state index is -0.498. The SMILES string of the molecule is CC1CN(C(=O)[C@@H](N)Cc2ccc(O)cc2)CC1C. The van der Waals surface area contributed by atoms with E-state index in [9.17, 15) is 9.90 Å². The van der Waals surface area contributed by atoms with Crippen LogP contribution in [0.3, 0.4) is 0 Å². The lowest BCUT2D eigenvalue weighted by atomic mass is 10.0. The summed E-state index contributed by atoms with van der Waals surface area (Å²) in [6, 6.07) is 6.34. The first kappa shape index (κ1) is 13.9. The lowest BCUT2D eigenvalue weighted by molar-refractivity contribution is -0.131. The molecular weight excluding hydrogens is 240 g/mol. The third-order valence-electron chi connectivity index (χ3n) is 4.01. The fourth-order valence-corrected chi connectivity index (χ4v) is 2.52. The van der Waals surface area contributed by atoms with E-state index in [2.05, 4.69) is 13.8 Å². The summed E-state index contributed by atoms with van der Waals surface area (Å²) in [5.41, 5.74) is 6.98. The van der Waals surface area contributed by atoms with Gasteiger partial charge in [-0.05, 0) is 36.0 Å². The van der Waals surface area contributed by atoms with Crippen LogP contribution in [0.5, 0.6) is 5.75 Å². The number of amides is 1. The van der Waals surface area contributed by atoms with Crippen molar-refractivity contribution in [1.29, 1.82) is 0 Å². The predicted octanol–water partition coefficient (Wildman–Crippen LogP) is 1.38. The minimum absolute atomic E-state index is 0.0317. The second kappa shape index (κ2) is 5.61. The first-order valence-electron chi connectivity index (χ1n) is 6.79. The van der Waals surface area contributed by atoms with E-state index < -0.39 is 6.04 Å². The van der Waals surface area contributed by atoms with Crippen molar-refractivity contribution < 1.29 is 9.90 Å². The molecule has 0 spiro atoms. The number of phenols is 1.